The molecule has 1 aliphatic rings. The Morgan fingerprint density at radius 3 is 2.95 bits per heavy atom. The van der Waals surface area contributed by atoms with Crippen LogP contribution in [-0.4, -0.2) is 31.3 Å². The van der Waals surface area contributed by atoms with E-state index in [4.69, 9.17) is 5.11 Å². The molecule has 0 spiro atoms. The second-order valence-electron chi connectivity index (χ2n) is 5.73. The fourth-order valence-electron chi connectivity index (χ4n) is 2.88. The molecule has 0 saturated heterocycles. The van der Waals surface area contributed by atoms with Crippen LogP contribution in [-0.2, 0) is 6.42 Å². The normalized spacial score (nSPS) is 15.4. The highest BCUT2D eigenvalue weighted by molar-refractivity contribution is 5.59. The van der Waals surface area contributed by atoms with E-state index in [0.29, 0.717) is 12.6 Å². The fraction of sp³-hybridized carbons (Fsp3) is 0.647. The van der Waals surface area contributed by atoms with Crippen molar-refractivity contribution in [3.8, 4) is 0 Å². The van der Waals surface area contributed by atoms with E-state index in [-0.39, 0.29) is 0 Å². The van der Waals surface area contributed by atoms with E-state index in [0.717, 1.165) is 38.9 Å². The van der Waals surface area contributed by atoms with Crippen LogP contribution < -0.4 is 10.2 Å². The van der Waals surface area contributed by atoms with Gasteiger partial charge in [0.05, 0.1) is 0 Å². The quantitative estimate of drug-likeness (QED) is 0.717. The predicted octanol–water partition coefficient (Wildman–Crippen LogP) is 2.88. The summed E-state index contributed by atoms with van der Waals surface area (Å²) in [6.07, 6.45) is 4.31. The number of aliphatic hydroxyl groups is 1. The summed E-state index contributed by atoms with van der Waals surface area (Å²) in [6.45, 7) is 8.02. The highest BCUT2D eigenvalue weighted by Crippen LogP contribution is 2.30. The van der Waals surface area contributed by atoms with Crippen LogP contribution in [0.15, 0.2) is 18.2 Å². The van der Waals surface area contributed by atoms with Crippen LogP contribution in [0.2, 0.25) is 0 Å². The van der Waals surface area contributed by atoms with Gasteiger partial charge in [-0.3, -0.25) is 0 Å². The maximum absolute atomic E-state index is 8.88. The van der Waals surface area contributed by atoms with Gasteiger partial charge in [0.2, 0.25) is 0 Å². The predicted molar refractivity (Wildman–Crippen MR) is 85.4 cm³/mol. The maximum Gasteiger partial charge on any atom is 0.0431 e. The van der Waals surface area contributed by atoms with Crippen molar-refractivity contribution in [2.24, 2.45) is 0 Å². The van der Waals surface area contributed by atoms with Crippen molar-refractivity contribution in [3.05, 3.63) is 29.3 Å². The van der Waals surface area contributed by atoms with E-state index in [1.807, 2.05) is 0 Å². The third-order valence-corrected chi connectivity index (χ3v) is 4.13. The number of unbranched alkanes of at least 4 members (excludes halogenated alkanes) is 1. The van der Waals surface area contributed by atoms with Gasteiger partial charge in [-0.15, -0.1) is 0 Å². The first-order valence-corrected chi connectivity index (χ1v) is 7.98. The lowest BCUT2D eigenvalue weighted by molar-refractivity contribution is 0.285. The summed E-state index contributed by atoms with van der Waals surface area (Å²) in [5.41, 5.74) is 4.28. The minimum absolute atomic E-state index is 0.306. The van der Waals surface area contributed by atoms with Gasteiger partial charge in [-0.25, -0.2) is 0 Å². The highest BCUT2D eigenvalue weighted by Gasteiger charge is 2.19. The Morgan fingerprint density at radius 1 is 1.35 bits per heavy atom. The third kappa shape index (κ3) is 3.74. The monoisotopic (exact) mass is 276 g/mol. The van der Waals surface area contributed by atoms with Gasteiger partial charge in [0.25, 0.3) is 0 Å². The van der Waals surface area contributed by atoms with Crippen LogP contribution in [0.4, 0.5) is 5.69 Å². The number of hydrogen-bond acceptors (Lipinski definition) is 3. The lowest BCUT2D eigenvalue weighted by atomic mass is 10.0. The Hall–Kier alpha value is -1.06. The number of fused-ring (bicyclic) bond motifs is 1. The number of benzene rings is 1. The Morgan fingerprint density at radius 2 is 2.20 bits per heavy atom. The molecule has 0 bridgehead atoms. The Bertz CT molecular complexity index is 419. The first-order valence-electron chi connectivity index (χ1n) is 7.98. The zero-order valence-electron chi connectivity index (χ0n) is 12.9. The second-order valence-corrected chi connectivity index (χ2v) is 5.73. The van der Waals surface area contributed by atoms with Crippen molar-refractivity contribution >= 4 is 5.69 Å². The van der Waals surface area contributed by atoms with Crippen molar-refractivity contribution in [2.45, 2.75) is 45.6 Å². The van der Waals surface area contributed by atoms with Crippen LogP contribution in [0.5, 0.6) is 0 Å². The molecule has 0 aliphatic carbocycles. The minimum atomic E-state index is 0.306. The topological polar surface area (TPSA) is 35.5 Å². The van der Waals surface area contributed by atoms with E-state index in [1.54, 1.807) is 0 Å². The Balaban J connectivity index is 1.99. The molecule has 0 aromatic heterocycles. The number of aliphatic hydroxyl groups excluding tert-OH is 1. The van der Waals surface area contributed by atoms with E-state index in [2.05, 4.69) is 42.3 Å². The largest absolute Gasteiger partial charge is 0.396 e. The molecule has 112 valence electrons. The van der Waals surface area contributed by atoms with Gasteiger partial charge in [0, 0.05) is 31.4 Å². The molecule has 3 heteroatoms. The van der Waals surface area contributed by atoms with E-state index in [9.17, 15) is 0 Å². The molecule has 1 aromatic carbocycles. The third-order valence-electron chi connectivity index (χ3n) is 4.13. The second kappa shape index (κ2) is 7.65. The summed E-state index contributed by atoms with van der Waals surface area (Å²) in [6, 6.07) is 7.34. The van der Waals surface area contributed by atoms with Crippen molar-refractivity contribution in [2.75, 3.05) is 31.1 Å². The highest BCUT2D eigenvalue weighted by atomic mass is 16.2. The van der Waals surface area contributed by atoms with E-state index in [1.165, 1.54) is 23.2 Å². The molecule has 2 N–H and O–H groups in total. The molecule has 0 fully saturated rings. The van der Waals surface area contributed by atoms with Crippen molar-refractivity contribution in [3.63, 3.8) is 0 Å². The van der Waals surface area contributed by atoms with Crippen LogP contribution in [0.25, 0.3) is 0 Å². The molecule has 1 aromatic rings. The summed E-state index contributed by atoms with van der Waals surface area (Å²) in [5, 5.41) is 12.4. The van der Waals surface area contributed by atoms with Crippen LogP contribution in [0.3, 0.4) is 0 Å². The number of anilines is 1. The molecular formula is C17H28N2O. The molecule has 2 rings (SSSR count). The summed E-state index contributed by atoms with van der Waals surface area (Å²) < 4.78 is 0. The Kier molecular flexibility index (Phi) is 5.86. The molecular weight excluding hydrogens is 248 g/mol. The van der Waals surface area contributed by atoms with Crippen molar-refractivity contribution < 1.29 is 5.11 Å². The number of hydrogen-bond donors (Lipinski definition) is 2. The summed E-state index contributed by atoms with van der Waals surface area (Å²) in [7, 11) is 0. The van der Waals surface area contributed by atoms with Crippen LogP contribution in [0, 0.1) is 0 Å². The Labute approximate surface area is 123 Å². The summed E-state index contributed by atoms with van der Waals surface area (Å²) >= 11 is 0. The van der Waals surface area contributed by atoms with Gasteiger partial charge in [-0.1, -0.05) is 19.1 Å². The zero-order valence-corrected chi connectivity index (χ0v) is 12.9. The number of nitrogens with one attached hydrogen (secondary N) is 1. The smallest absolute Gasteiger partial charge is 0.0431 e. The van der Waals surface area contributed by atoms with Crippen LogP contribution >= 0.6 is 0 Å². The number of rotatable bonds is 8. The summed E-state index contributed by atoms with van der Waals surface area (Å²) in [4.78, 5) is 2.46. The van der Waals surface area contributed by atoms with E-state index < -0.39 is 0 Å². The molecule has 1 atom stereocenters. The lowest BCUT2D eigenvalue weighted by Crippen LogP contribution is -2.22. The molecule has 1 heterocycles. The minimum Gasteiger partial charge on any atom is -0.396 e. The molecule has 1 unspecified atom stereocenters. The molecule has 0 amide bonds. The first kappa shape index (κ1) is 15.3. The molecule has 0 radical (unpaired) electrons. The van der Waals surface area contributed by atoms with E-state index >= 15 is 0 Å². The zero-order chi connectivity index (χ0) is 14.4. The van der Waals surface area contributed by atoms with Crippen molar-refractivity contribution in [1.29, 1.82) is 0 Å². The van der Waals surface area contributed by atoms with Gasteiger partial charge < -0.3 is 15.3 Å². The van der Waals surface area contributed by atoms with Gasteiger partial charge >= 0.3 is 0 Å². The van der Waals surface area contributed by atoms with Gasteiger partial charge in [0.1, 0.15) is 0 Å². The van der Waals surface area contributed by atoms with Gasteiger partial charge in [-0.05, 0) is 56.3 Å². The molecule has 0 saturated carbocycles. The average Bonchev–Trinajstić information content (AvgIpc) is 2.87. The standard InChI is InChI=1S/C17H28N2O/c1-3-9-18-14(2)15-6-7-17-16(13-15)8-11-19(17)10-4-5-12-20/h6-7,13-14,18,20H,3-5,8-12H2,1-2H3. The van der Waals surface area contributed by atoms with Gasteiger partial charge in [-0.2, -0.15) is 0 Å². The first-order chi connectivity index (χ1) is 9.76. The maximum atomic E-state index is 8.88. The SMILES string of the molecule is CCCNC(C)c1ccc2c(c1)CCN2CCCCO. The average molecular weight is 276 g/mol. The molecule has 3 nitrogen and oxygen atoms in total. The molecule has 1 aliphatic heterocycles. The van der Waals surface area contributed by atoms with Crippen molar-refractivity contribution in [1.82, 2.24) is 5.32 Å². The van der Waals surface area contributed by atoms with Crippen LogP contribution in [0.1, 0.15) is 50.3 Å². The summed E-state index contributed by atoms with van der Waals surface area (Å²) in [5.74, 6) is 0. The lowest BCUT2D eigenvalue weighted by Gasteiger charge is -2.20. The van der Waals surface area contributed by atoms with Gasteiger partial charge in [0.15, 0.2) is 0 Å². The number of nitrogens with zero attached hydrogens (tertiary/aromatic N) is 1. The fourth-order valence-corrected chi connectivity index (χ4v) is 2.88. The molecule has 20 heavy (non-hydrogen) atoms.